The van der Waals surface area contributed by atoms with Gasteiger partial charge < -0.3 is 4.42 Å². The lowest BCUT2D eigenvalue weighted by Gasteiger charge is -2.02. The maximum absolute atomic E-state index is 12.7. The van der Waals surface area contributed by atoms with Crippen LogP contribution in [0.25, 0.3) is 22.4 Å². The van der Waals surface area contributed by atoms with Crippen molar-refractivity contribution >= 4 is 45.1 Å². The van der Waals surface area contributed by atoms with E-state index in [2.05, 4.69) is 10.3 Å². The van der Waals surface area contributed by atoms with Crippen LogP contribution in [-0.2, 0) is 7.05 Å². The molecular weight excluding hydrogens is 386 g/mol. The number of amides is 1. The normalized spacial score (nSPS) is 11.1. The summed E-state index contributed by atoms with van der Waals surface area (Å²) in [4.78, 5) is 30.0. The molecule has 4 aromatic rings. The molecule has 0 bridgehead atoms. The van der Waals surface area contributed by atoms with E-state index in [1.54, 1.807) is 37.4 Å². The summed E-state index contributed by atoms with van der Waals surface area (Å²) in [6.45, 7) is 1.94. The van der Waals surface area contributed by atoms with Gasteiger partial charge in [-0.1, -0.05) is 29.8 Å². The number of para-hydroxylation sites is 1. The minimum atomic E-state index is -0.514. The lowest BCUT2D eigenvalue weighted by molar-refractivity contribution is 0.102. The van der Waals surface area contributed by atoms with Gasteiger partial charge in [-0.3, -0.25) is 14.7 Å². The Morgan fingerprint density at radius 1 is 1.22 bits per heavy atom. The number of hydrogen-bond donors (Lipinski definition) is 1. The summed E-state index contributed by atoms with van der Waals surface area (Å²) in [7, 11) is 1.60. The third kappa shape index (κ3) is 3.15. The zero-order valence-corrected chi connectivity index (χ0v) is 16.0. The van der Waals surface area contributed by atoms with Gasteiger partial charge in [0.05, 0.1) is 16.8 Å². The van der Waals surface area contributed by atoms with Gasteiger partial charge in [0.15, 0.2) is 10.7 Å². The van der Waals surface area contributed by atoms with Crippen molar-refractivity contribution in [2.75, 3.05) is 5.32 Å². The Hall–Kier alpha value is -2.90. The lowest BCUT2D eigenvalue weighted by Crippen LogP contribution is -2.12. The van der Waals surface area contributed by atoms with E-state index in [0.717, 1.165) is 16.1 Å². The fraction of sp³-hybridized carbons (Fsp3) is 0.105. The van der Waals surface area contributed by atoms with Crippen molar-refractivity contribution in [2.24, 2.45) is 7.05 Å². The minimum absolute atomic E-state index is 0.258. The lowest BCUT2D eigenvalue weighted by atomic mass is 10.1. The molecule has 6 nitrogen and oxygen atoms in total. The van der Waals surface area contributed by atoms with E-state index in [0.29, 0.717) is 15.7 Å². The van der Waals surface area contributed by atoms with Crippen molar-refractivity contribution in [1.82, 2.24) is 9.55 Å². The number of hydrogen-bond acceptors (Lipinski definition) is 5. The number of nitrogens with one attached hydrogen (secondary N) is 1. The molecule has 2 aromatic heterocycles. The first-order valence-corrected chi connectivity index (χ1v) is 9.27. The third-order valence-electron chi connectivity index (χ3n) is 4.20. The summed E-state index contributed by atoms with van der Waals surface area (Å²) in [6, 6.07) is 12.4. The monoisotopic (exact) mass is 399 g/mol. The molecule has 1 N–H and O–H groups in total. The Kier molecular flexibility index (Phi) is 4.33. The van der Waals surface area contributed by atoms with Gasteiger partial charge in [0.25, 0.3) is 5.91 Å². The van der Waals surface area contributed by atoms with Gasteiger partial charge in [-0.25, -0.2) is 9.78 Å². The number of aromatic nitrogens is 2. The van der Waals surface area contributed by atoms with Gasteiger partial charge in [-0.05, 0) is 31.2 Å². The molecule has 1 amide bonds. The molecule has 8 heteroatoms. The molecule has 27 heavy (non-hydrogen) atoms. The predicted octanol–water partition coefficient (Wildman–Crippen LogP) is 4.47. The molecule has 136 valence electrons. The van der Waals surface area contributed by atoms with Crippen LogP contribution >= 0.6 is 22.9 Å². The summed E-state index contributed by atoms with van der Waals surface area (Å²) in [5, 5.41) is 3.91. The highest BCUT2D eigenvalue weighted by Gasteiger charge is 2.18. The van der Waals surface area contributed by atoms with Crippen LogP contribution in [0.4, 0.5) is 5.13 Å². The minimum Gasteiger partial charge on any atom is -0.407 e. The molecule has 4 rings (SSSR count). The van der Waals surface area contributed by atoms with Crippen molar-refractivity contribution in [2.45, 2.75) is 6.92 Å². The van der Waals surface area contributed by atoms with E-state index in [9.17, 15) is 9.59 Å². The zero-order chi connectivity index (χ0) is 19.1. The Labute approximate surface area is 163 Å². The summed E-state index contributed by atoms with van der Waals surface area (Å²) >= 11 is 7.31. The van der Waals surface area contributed by atoms with Gasteiger partial charge in [0.1, 0.15) is 0 Å². The molecule has 0 fully saturated rings. The van der Waals surface area contributed by atoms with Crippen LogP contribution in [0.5, 0.6) is 0 Å². The molecule has 0 atom stereocenters. The van der Waals surface area contributed by atoms with Crippen molar-refractivity contribution in [3.63, 3.8) is 0 Å². The molecule has 0 saturated carbocycles. The highest BCUT2D eigenvalue weighted by Crippen LogP contribution is 2.31. The van der Waals surface area contributed by atoms with E-state index in [1.807, 2.05) is 19.1 Å². The summed E-state index contributed by atoms with van der Waals surface area (Å²) in [5.74, 6) is -0.897. The number of rotatable bonds is 3. The second-order valence-corrected chi connectivity index (χ2v) is 7.61. The number of thiazole rings is 1. The molecule has 0 aliphatic heterocycles. The number of aryl methyl sites for hydroxylation is 2. The number of carbonyl (C=O) groups excluding carboxylic acids is 1. The van der Waals surface area contributed by atoms with Gasteiger partial charge in [0, 0.05) is 22.5 Å². The zero-order valence-electron chi connectivity index (χ0n) is 14.4. The van der Waals surface area contributed by atoms with E-state index in [4.69, 9.17) is 16.0 Å². The van der Waals surface area contributed by atoms with Gasteiger partial charge in [0.2, 0.25) is 0 Å². The van der Waals surface area contributed by atoms with Crippen molar-refractivity contribution in [3.8, 4) is 11.3 Å². The van der Waals surface area contributed by atoms with Crippen molar-refractivity contribution < 1.29 is 9.21 Å². The molecular formula is C19H14ClN3O3S. The first-order chi connectivity index (χ1) is 12.9. The predicted molar refractivity (Wildman–Crippen MR) is 107 cm³/mol. The van der Waals surface area contributed by atoms with Crippen molar-refractivity contribution in [1.29, 1.82) is 0 Å². The van der Waals surface area contributed by atoms with Crippen LogP contribution in [0.1, 0.15) is 15.2 Å². The Bertz CT molecular complexity index is 1220. The smallest absolute Gasteiger partial charge is 0.407 e. The van der Waals surface area contributed by atoms with Crippen molar-refractivity contribution in [3.05, 3.63) is 68.5 Å². The van der Waals surface area contributed by atoms with Crippen LogP contribution in [-0.4, -0.2) is 15.5 Å². The number of oxazole rings is 1. The maximum Gasteiger partial charge on any atom is 0.419 e. The molecule has 0 saturated heterocycles. The van der Waals surface area contributed by atoms with Gasteiger partial charge >= 0.3 is 5.76 Å². The molecule has 0 aliphatic rings. The Morgan fingerprint density at radius 3 is 2.70 bits per heavy atom. The summed E-state index contributed by atoms with van der Waals surface area (Å²) in [5.41, 5.74) is 2.81. The highest BCUT2D eigenvalue weighted by atomic mass is 35.5. The second kappa shape index (κ2) is 6.68. The van der Waals surface area contributed by atoms with Crippen LogP contribution < -0.4 is 11.1 Å². The second-order valence-electron chi connectivity index (χ2n) is 5.97. The van der Waals surface area contributed by atoms with Crippen LogP contribution in [0.15, 0.2) is 51.7 Å². The largest absolute Gasteiger partial charge is 0.419 e. The molecule has 0 radical (unpaired) electrons. The Balaban J connectivity index is 1.66. The number of halogens is 1. The maximum atomic E-state index is 12.7. The van der Waals surface area contributed by atoms with Gasteiger partial charge in [-0.15, -0.1) is 11.3 Å². The average molecular weight is 400 g/mol. The van der Waals surface area contributed by atoms with Crippen LogP contribution in [0, 0.1) is 6.92 Å². The Morgan fingerprint density at radius 2 is 1.96 bits per heavy atom. The topological polar surface area (TPSA) is 77.1 Å². The molecule has 0 spiro atoms. The first kappa shape index (κ1) is 17.5. The SMILES string of the molecule is Cc1sc(NC(=O)c2cccc3c2oc(=O)n3C)nc1-c1ccc(Cl)cc1. The van der Waals surface area contributed by atoms with E-state index < -0.39 is 5.76 Å². The quantitative estimate of drug-likeness (QED) is 0.551. The summed E-state index contributed by atoms with van der Waals surface area (Å²) < 4.78 is 6.57. The summed E-state index contributed by atoms with van der Waals surface area (Å²) in [6.07, 6.45) is 0. The fourth-order valence-corrected chi connectivity index (χ4v) is 3.78. The standard InChI is InChI=1S/C19H14ClN3O3S/c1-10-15(11-6-8-12(20)9-7-11)21-18(27-10)22-17(24)13-4-3-5-14-16(13)26-19(25)23(14)2/h3-9H,1-2H3,(H,21,22,24). The molecule has 0 unspecified atom stereocenters. The highest BCUT2D eigenvalue weighted by molar-refractivity contribution is 7.16. The first-order valence-electron chi connectivity index (χ1n) is 8.07. The van der Waals surface area contributed by atoms with Crippen LogP contribution in [0.3, 0.4) is 0 Å². The number of benzene rings is 2. The molecule has 0 aliphatic carbocycles. The van der Waals surface area contributed by atoms with Crippen LogP contribution in [0.2, 0.25) is 5.02 Å². The number of carbonyl (C=O) groups is 1. The third-order valence-corrected chi connectivity index (χ3v) is 5.34. The number of fused-ring (bicyclic) bond motifs is 1. The average Bonchev–Trinajstić information content (AvgIpc) is 3.15. The van der Waals surface area contributed by atoms with E-state index in [-0.39, 0.29) is 17.1 Å². The number of anilines is 1. The molecule has 2 aromatic carbocycles. The number of nitrogens with zero attached hydrogens (tertiary/aromatic N) is 2. The van der Waals surface area contributed by atoms with Gasteiger partial charge in [-0.2, -0.15) is 0 Å². The van der Waals surface area contributed by atoms with E-state index in [1.165, 1.54) is 15.9 Å². The fourth-order valence-electron chi connectivity index (χ4n) is 2.82. The molecule has 2 heterocycles. The van der Waals surface area contributed by atoms with E-state index >= 15 is 0 Å².